The number of imidazole rings is 1. The van der Waals surface area contributed by atoms with Crippen LogP contribution in [0.15, 0.2) is 54.6 Å². The minimum Gasteiger partial charge on any atom is -0.327 e. The molecule has 0 radical (unpaired) electrons. The summed E-state index contributed by atoms with van der Waals surface area (Å²) in [6, 6.07) is 14.1. The lowest BCUT2D eigenvalue weighted by Gasteiger charge is -2.04. The van der Waals surface area contributed by atoms with Crippen molar-refractivity contribution in [2.45, 2.75) is 20.8 Å². The van der Waals surface area contributed by atoms with E-state index in [1.807, 2.05) is 61.2 Å². The van der Waals surface area contributed by atoms with Gasteiger partial charge in [0.1, 0.15) is 11.5 Å². The Morgan fingerprint density at radius 3 is 2.34 bits per heavy atom. The number of benzene rings is 2. The van der Waals surface area contributed by atoms with Crippen molar-refractivity contribution >= 4 is 28.5 Å². The van der Waals surface area contributed by atoms with Gasteiger partial charge in [0.15, 0.2) is 5.78 Å². The Morgan fingerprint density at radius 1 is 0.938 bits per heavy atom. The van der Waals surface area contributed by atoms with Crippen molar-refractivity contribution in [1.82, 2.24) is 24.0 Å². The number of hydrogen-bond acceptors (Lipinski definition) is 3. The lowest BCUT2D eigenvalue weighted by Crippen LogP contribution is -2.00. The molecular weight excluding hydrogens is 405 g/mol. The van der Waals surface area contributed by atoms with Crippen LogP contribution in [0.1, 0.15) is 33.0 Å². The van der Waals surface area contributed by atoms with Crippen molar-refractivity contribution in [2.24, 2.45) is 7.05 Å². The predicted molar refractivity (Wildman–Crippen MR) is 123 cm³/mol. The standard InChI is InChI=1S/C25H22FN5O/c1-15-20(17(3)30(27-15)19-11-9-18(26)10-12-19)13-14-23(32)24-16(2)28-31-22-8-6-5-7-21(22)29(4)25(24)31/h5-14H,1-4H3. The molecule has 2 aromatic carbocycles. The van der Waals surface area contributed by atoms with Gasteiger partial charge in [-0.05, 0) is 69.3 Å². The van der Waals surface area contributed by atoms with Gasteiger partial charge < -0.3 is 4.57 Å². The molecule has 0 amide bonds. The van der Waals surface area contributed by atoms with Gasteiger partial charge in [0.25, 0.3) is 0 Å². The first-order valence-electron chi connectivity index (χ1n) is 10.3. The second-order valence-electron chi connectivity index (χ2n) is 7.91. The van der Waals surface area contributed by atoms with Gasteiger partial charge in [-0.15, -0.1) is 0 Å². The molecule has 0 saturated heterocycles. The fourth-order valence-corrected chi connectivity index (χ4v) is 4.29. The highest BCUT2D eigenvalue weighted by atomic mass is 19.1. The fourth-order valence-electron chi connectivity index (χ4n) is 4.29. The molecule has 0 aliphatic heterocycles. The molecule has 0 aliphatic carbocycles. The van der Waals surface area contributed by atoms with E-state index in [4.69, 9.17) is 0 Å². The number of aryl methyl sites for hydroxylation is 3. The van der Waals surface area contributed by atoms with E-state index >= 15 is 0 Å². The zero-order chi connectivity index (χ0) is 22.6. The second-order valence-corrected chi connectivity index (χ2v) is 7.91. The van der Waals surface area contributed by atoms with Crippen LogP contribution in [-0.2, 0) is 7.05 Å². The Labute approximate surface area is 184 Å². The Kier molecular flexibility index (Phi) is 4.55. The van der Waals surface area contributed by atoms with Crippen molar-refractivity contribution in [3.63, 3.8) is 0 Å². The molecule has 0 bridgehead atoms. The van der Waals surface area contributed by atoms with E-state index in [1.54, 1.807) is 29.0 Å². The molecule has 160 valence electrons. The zero-order valence-electron chi connectivity index (χ0n) is 18.3. The summed E-state index contributed by atoms with van der Waals surface area (Å²) in [4.78, 5) is 13.3. The summed E-state index contributed by atoms with van der Waals surface area (Å²) in [6.45, 7) is 5.68. The highest BCUT2D eigenvalue weighted by Crippen LogP contribution is 2.26. The predicted octanol–water partition coefficient (Wildman–Crippen LogP) is 4.97. The third-order valence-corrected chi connectivity index (χ3v) is 5.89. The Bertz CT molecular complexity index is 1530. The van der Waals surface area contributed by atoms with Gasteiger partial charge in [0.2, 0.25) is 0 Å². The lowest BCUT2D eigenvalue weighted by atomic mass is 10.1. The highest BCUT2D eigenvalue weighted by Gasteiger charge is 2.21. The first-order valence-corrected chi connectivity index (χ1v) is 10.3. The van der Waals surface area contributed by atoms with Gasteiger partial charge in [-0.2, -0.15) is 10.2 Å². The number of ketones is 1. The molecule has 3 heterocycles. The fraction of sp³-hybridized carbons (Fsp3) is 0.160. The van der Waals surface area contributed by atoms with Crippen LogP contribution in [0, 0.1) is 26.6 Å². The monoisotopic (exact) mass is 427 g/mol. The molecular formula is C25H22FN5O. The van der Waals surface area contributed by atoms with Crippen LogP contribution < -0.4 is 0 Å². The first kappa shape index (κ1) is 19.9. The molecule has 3 aromatic heterocycles. The number of hydrogen-bond donors (Lipinski definition) is 0. The number of aromatic nitrogens is 5. The molecule has 0 fully saturated rings. The van der Waals surface area contributed by atoms with E-state index in [9.17, 15) is 9.18 Å². The molecule has 6 nitrogen and oxygen atoms in total. The number of rotatable bonds is 4. The van der Waals surface area contributed by atoms with E-state index in [1.165, 1.54) is 12.1 Å². The van der Waals surface area contributed by atoms with Crippen LogP contribution in [0.2, 0.25) is 0 Å². The highest BCUT2D eigenvalue weighted by molar-refractivity contribution is 6.12. The maximum atomic E-state index is 13.3. The third-order valence-electron chi connectivity index (χ3n) is 5.89. The summed E-state index contributed by atoms with van der Waals surface area (Å²) in [5.41, 5.74) is 7.31. The molecule has 0 aliphatic rings. The van der Waals surface area contributed by atoms with Crippen molar-refractivity contribution in [2.75, 3.05) is 0 Å². The zero-order valence-corrected chi connectivity index (χ0v) is 18.3. The summed E-state index contributed by atoms with van der Waals surface area (Å²) in [5, 5.41) is 9.19. The molecule has 0 atom stereocenters. The van der Waals surface area contributed by atoms with E-state index in [2.05, 4.69) is 10.2 Å². The van der Waals surface area contributed by atoms with Crippen molar-refractivity contribution < 1.29 is 9.18 Å². The van der Waals surface area contributed by atoms with Crippen LogP contribution >= 0.6 is 0 Å². The Hall–Kier alpha value is -4.00. The average Bonchev–Trinajstić information content (AvgIpc) is 3.37. The molecule has 0 N–H and O–H groups in total. The summed E-state index contributed by atoms with van der Waals surface area (Å²) in [7, 11) is 1.94. The second kappa shape index (κ2) is 7.30. The van der Waals surface area contributed by atoms with Crippen molar-refractivity contribution in [3.8, 4) is 5.69 Å². The van der Waals surface area contributed by atoms with E-state index in [-0.39, 0.29) is 11.6 Å². The van der Waals surface area contributed by atoms with Gasteiger partial charge in [-0.25, -0.2) is 13.6 Å². The summed E-state index contributed by atoms with van der Waals surface area (Å²) >= 11 is 0. The molecule has 0 unspecified atom stereocenters. The summed E-state index contributed by atoms with van der Waals surface area (Å²) in [5.74, 6) is -0.408. The summed E-state index contributed by atoms with van der Waals surface area (Å²) in [6.07, 6.45) is 3.37. The first-order chi connectivity index (χ1) is 15.4. The van der Waals surface area contributed by atoms with Crippen LogP contribution in [-0.4, -0.2) is 29.7 Å². The van der Waals surface area contributed by atoms with Gasteiger partial charge >= 0.3 is 0 Å². The van der Waals surface area contributed by atoms with E-state index < -0.39 is 0 Å². The Morgan fingerprint density at radius 2 is 1.62 bits per heavy atom. The molecule has 32 heavy (non-hydrogen) atoms. The molecule has 0 saturated carbocycles. The van der Waals surface area contributed by atoms with Crippen LogP contribution in [0.25, 0.3) is 28.4 Å². The number of para-hydroxylation sites is 2. The number of nitrogens with zero attached hydrogens (tertiary/aromatic N) is 5. The van der Waals surface area contributed by atoms with Crippen LogP contribution in [0.4, 0.5) is 4.39 Å². The van der Waals surface area contributed by atoms with Gasteiger partial charge in [0, 0.05) is 18.3 Å². The van der Waals surface area contributed by atoms with Crippen LogP contribution in [0.5, 0.6) is 0 Å². The van der Waals surface area contributed by atoms with Gasteiger partial charge in [-0.1, -0.05) is 12.1 Å². The number of allylic oxidation sites excluding steroid dienone is 1. The molecule has 0 spiro atoms. The minimum atomic E-state index is -0.294. The molecule has 5 aromatic rings. The number of halogens is 1. The summed E-state index contributed by atoms with van der Waals surface area (Å²) < 4.78 is 18.9. The number of carbonyl (C=O) groups is 1. The van der Waals surface area contributed by atoms with E-state index in [0.717, 1.165) is 39.3 Å². The third kappa shape index (κ3) is 2.97. The topological polar surface area (TPSA) is 57.1 Å². The largest absolute Gasteiger partial charge is 0.327 e. The quantitative estimate of drug-likeness (QED) is 0.301. The number of carbonyl (C=O) groups excluding carboxylic acids is 1. The average molecular weight is 427 g/mol. The number of fused-ring (bicyclic) bond motifs is 3. The lowest BCUT2D eigenvalue weighted by molar-refractivity contribution is 0.104. The molecule has 5 rings (SSSR count). The maximum Gasteiger partial charge on any atom is 0.191 e. The SMILES string of the molecule is Cc1nn(-c2ccc(F)cc2)c(C)c1C=CC(=O)c1c(C)nn2c3ccccc3n(C)c12. The van der Waals surface area contributed by atoms with Crippen LogP contribution in [0.3, 0.4) is 0 Å². The Balaban J connectivity index is 1.55. The maximum absolute atomic E-state index is 13.3. The van der Waals surface area contributed by atoms with E-state index in [0.29, 0.717) is 11.3 Å². The van der Waals surface area contributed by atoms with Gasteiger partial charge in [-0.3, -0.25) is 4.79 Å². The minimum absolute atomic E-state index is 0.114. The van der Waals surface area contributed by atoms with Gasteiger partial charge in [0.05, 0.1) is 33.7 Å². The molecule has 7 heteroatoms. The van der Waals surface area contributed by atoms with Crippen molar-refractivity contribution in [3.05, 3.63) is 88.6 Å². The smallest absolute Gasteiger partial charge is 0.191 e. The normalized spacial score (nSPS) is 11.9. The van der Waals surface area contributed by atoms with Crippen molar-refractivity contribution in [1.29, 1.82) is 0 Å².